The van der Waals surface area contributed by atoms with Crippen LogP contribution in [0, 0.1) is 23.7 Å². The Labute approximate surface area is 287 Å². The van der Waals surface area contributed by atoms with E-state index in [0.717, 1.165) is 9.80 Å². The Morgan fingerprint density at radius 1 is 0.500 bits per heavy atom. The highest BCUT2D eigenvalue weighted by Crippen LogP contribution is 2.49. The number of aliphatic carboxylic acids is 2. The molecule has 4 aromatic carbocycles. The molecule has 10 nitrogen and oxygen atoms in total. The van der Waals surface area contributed by atoms with Crippen molar-refractivity contribution in [2.75, 3.05) is 26.4 Å². The molecule has 0 radical (unpaired) electrons. The van der Waals surface area contributed by atoms with Crippen LogP contribution >= 0.6 is 0 Å². The van der Waals surface area contributed by atoms with Crippen molar-refractivity contribution in [1.82, 2.24) is 9.80 Å². The fraction of sp³-hybridized carbons (Fsp3) is 0.263. The number of carbonyl (C=O) groups excluding carboxylic acids is 2. The first-order valence-electron chi connectivity index (χ1n) is 16.0. The number of carboxylic acids is 2. The second-order valence-electron chi connectivity index (χ2n) is 11.8. The summed E-state index contributed by atoms with van der Waals surface area (Å²) in [5, 5.41) is 20.0. The quantitative estimate of drug-likeness (QED) is 0.142. The van der Waals surface area contributed by atoms with E-state index in [1.807, 2.05) is 36.4 Å². The van der Waals surface area contributed by atoms with E-state index in [1.54, 1.807) is 72.8 Å². The van der Waals surface area contributed by atoms with Crippen LogP contribution in [-0.4, -0.2) is 70.2 Å². The molecule has 4 atom stereocenters. The lowest BCUT2D eigenvalue weighted by atomic mass is 9.55. The number of nitrogens with zero attached hydrogens (tertiary/aromatic N) is 2. The molecule has 1 aliphatic carbocycles. The van der Waals surface area contributed by atoms with E-state index in [0.29, 0.717) is 34.1 Å². The third-order valence-corrected chi connectivity index (χ3v) is 8.57. The lowest BCUT2D eigenvalue weighted by Gasteiger charge is -2.48. The molecular weight excluding hydrogens is 650 g/mol. The molecular formula is C38H36F2N2O8. The molecule has 0 heterocycles. The molecule has 0 aliphatic heterocycles. The van der Waals surface area contributed by atoms with Gasteiger partial charge < -0.3 is 29.5 Å². The number of hydrogen-bond donors (Lipinski definition) is 2. The molecule has 0 aromatic heterocycles. The number of para-hydroxylation sites is 2. The smallest absolute Gasteiger partial charge is 0.308 e. The molecule has 2 amide bonds. The highest BCUT2D eigenvalue weighted by molar-refractivity contribution is 5.99. The van der Waals surface area contributed by atoms with Crippen LogP contribution in [0.15, 0.2) is 109 Å². The number of carbonyl (C=O) groups is 4. The highest BCUT2D eigenvalue weighted by atomic mass is 19.1. The number of benzene rings is 4. The minimum atomic E-state index is -1.75. The predicted molar refractivity (Wildman–Crippen MR) is 178 cm³/mol. The minimum absolute atomic E-state index is 0.137. The number of alkyl halides is 2. The van der Waals surface area contributed by atoms with Crippen LogP contribution in [-0.2, 0) is 32.3 Å². The molecule has 0 spiro atoms. The summed E-state index contributed by atoms with van der Waals surface area (Å²) in [5.74, 6) is -9.40. The molecule has 0 saturated heterocycles. The second-order valence-corrected chi connectivity index (χ2v) is 11.8. The fourth-order valence-electron chi connectivity index (χ4n) is 6.15. The summed E-state index contributed by atoms with van der Waals surface area (Å²) < 4.78 is 39.2. The molecule has 4 unspecified atom stereocenters. The van der Waals surface area contributed by atoms with Crippen LogP contribution in [0.4, 0.5) is 8.78 Å². The Bertz CT molecular complexity index is 1630. The van der Waals surface area contributed by atoms with Crippen molar-refractivity contribution in [3.8, 4) is 23.0 Å². The lowest BCUT2D eigenvalue weighted by Crippen LogP contribution is -2.64. The van der Waals surface area contributed by atoms with Gasteiger partial charge in [0, 0.05) is 26.2 Å². The third-order valence-electron chi connectivity index (χ3n) is 8.57. The first-order chi connectivity index (χ1) is 24.2. The maximum Gasteiger partial charge on any atom is 0.308 e. The highest BCUT2D eigenvalue weighted by Gasteiger charge is 2.64. The summed E-state index contributed by atoms with van der Waals surface area (Å²) in [6, 6.07) is 31.4. The zero-order valence-corrected chi connectivity index (χ0v) is 26.9. The first-order valence-corrected chi connectivity index (χ1v) is 16.0. The summed E-state index contributed by atoms with van der Waals surface area (Å²) in [4.78, 5) is 54.8. The van der Waals surface area contributed by atoms with Gasteiger partial charge in [0.05, 0.1) is 23.7 Å². The largest absolute Gasteiger partial charge is 0.481 e. The predicted octanol–water partition coefficient (Wildman–Crippen LogP) is 6.22. The molecule has 12 heteroatoms. The van der Waals surface area contributed by atoms with Crippen molar-refractivity contribution in [3.63, 3.8) is 0 Å². The van der Waals surface area contributed by atoms with Crippen LogP contribution in [0.3, 0.4) is 0 Å². The van der Waals surface area contributed by atoms with Gasteiger partial charge in [-0.05, 0) is 59.7 Å². The third kappa shape index (κ3) is 8.43. The van der Waals surface area contributed by atoms with Crippen LogP contribution in [0.1, 0.15) is 11.1 Å². The van der Waals surface area contributed by atoms with Crippen molar-refractivity contribution in [3.05, 3.63) is 120 Å². The van der Waals surface area contributed by atoms with E-state index in [2.05, 4.69) is 0 Å². The SMILES string of the molecule is O=C(O)C1C(C(=O)O)C(C(=O)N(CCF)Cc2ccc(Oc3ccccc3)cc2)C1C(=O)N(CCF)Cc1ccc(Oc2ccccc2)cc1. The number of amides is 2. The molecule has 5 rings (SSSR count). The zero-order valence-electron chi connectivity index (χ0n) is 26.9. The van der Waals surface area contributed by atoms with E-state index in [9.17, 15) is 38.2 Å². The van der Waals surface area contributed by atoms with Crippen molar-refractivity contribution in [1.29, 1.82) is 0 Å². The summed E-state index contributed by atoms with van der Waals surface area (Å²) in [7, 11) is 0. The van der Waals surface area contributed by atoms with Gasteiger partial charge in [-0.25, -0.2) is 8.78 Å². The van der Waals surface area contributed by atoms with Crippen LogP contribution in [0.5, 0.6) is 23.0 Å². The van der Waals surface area contributed by atoms with Crippen LogP contribution in [0.2, 0.25) is 0 Å². The van der Waals surface area contributed by atoms with Gasteiger partial charge in [0.2, 0.25) is 11.8 Å². The van der Waals surface area contributed by atoms with E-state index < -0.39 is 73.9 Å². The average Bonchev–Trinajstić information content (AvgIpc) is 3.09. The average molecular weight is 687 g/mol. The minimum Gasteiger partial charge on any atom is -0.481 e. The Morgan fingerprint density at radius 3 is 1.12 bits per heavy atom. The van der Waals surface area contributed by atoms with Gasteiger partial charge in [0.1, 0.15) is 36.3 Å². The summed E-state index contributed by atoms with van der Waals surface area (Å²) >= 11 is 0. The van der Waals surface area contributed by atoms with Crippen molar-refractivity contribution < 1.29 is 47.6 Å². The van der Waals surface area contributed by atoms with Crippen LogP contribution < -0.4 is 9.47 Å². The Kier molecular flexibility index (Phi) is 11.8. The molecule has 1 fully saturated rings. The van der Waals surface area contributed by atoms with Gasteiger partial charge in [0.15, 0.2) is 0 Å². The van der Waals surface area contributed by atoms with E-state index in [4.69, 9.17) is 9.47 Å². The van der Waals surface area contributed by atoms with E-state index >= 15 is 0 Å². The lowest BCUT2D eigenvalue weighted by molar-refractivity contribution is -0.187. The summed E-state index contributed by atoms with van der Waals surface area (Å²) in [5.41, 5.74) is 1.13. The standard InChI is InChI=1S/C38H36F2N2O8/c39-19-21-41(23-25-11-15-29(16-12-25)49-27-7-3-1-4-8-27)35(43)31-32(34(38(47)48)33(31)37(45)46)36(44)42(22-20-40)24-26-13-17-30(18-14-26)50-28-9-5-2-6-10-28/h1-18,31-34H,19-24H2,(H,45,46)(H,47,48). The summed E-state index contributed by atoms with van der Waals surface area (Å²) in [6.45, 7) is -3.06. The monoisotopic (exact) mass is 686 g/mol. The van der Waals surface area contributed by atoms with Gasteiger partial charge in [-0.2, -0.15) is 0 Å². The van der Waals surface area contributed by atoms with Crippen molar-refractivity contribution in [2.24, 2.45) is 23.7 Å². The Hall–Kier alpha value is -5.78. The molecule has 1 saturated carbocycles. The molecule has 2 N–H and O–H groups in total. The van der Waals surface area contributed by atoms with Gasteiger partial charge in [-0.15, -0.1) is 0 Å². The second kappa shape index (κ2) is 16.6. The van der Waals surface area contributed by atoms with Gasteiger partial charge >= 0.3 is 11.9 Å². The number of hydrogen-bond acceptors (Lipinski definition) is 6. The maximum absolute atomic E-state index is 14.0. The number of rotatable bonds is 16. The summed E-state index contributed by atoms with van der Waals surface area (Å²) in [6.07, 6.45) is 0. The zero-order chi connectivity index (χ0) is 35.6. The van der Waals surface area contributed by atoms with Crippen molar-refractivity contribution >= 4 is 23.8 Å². The molecule has 1 aliphatic rings. The Morgan fingerprint density at radius 2 is 0.820 bits per heavy atom. The maximum atomic E-state index is 14.0. The number of carboxylic acid groups (broad SMARTS) is 2. The molecule has 0 bridgehead atoms. The van der Waals surface area contributed by atoms with E-state index in [1.165, 1.54) is 0 Å². The number of halogens is 2. The Balaban J connectivity index is 1.35. The van der Waals surface area contributed by atoms with Gasteiger partial charge in [-0.3, -0.25) is 19.2 Å². The van der Waals surface area contributed by atoms with Gasteiger partial charge in [-0.1, -0.05) is 60.7 Å². The van der Waals surface area contributed by atoms with Crippen LogP contribution in [0.25, 0.3) is 0 Å². The fourth-order valence-corrected chi connectivity index (χ4v) is 6.15. The van der Waals surface area contributed by atoms with Crippen molar-refractivity contribution in [2.45, 2.75) is 13.1 Å². The van der Waals surface area contributed by atoms with E-state index in [-0.39, 0.29) is 13.1 Å². The first kappa shape index (κ1) is 35.5. The normalized spacial score (nSPS) is 18.0. The molecule has 4 aromatic rings. The molecule has 50 heavy (non-hydrogen) atoms. The topological polar surface area (TPSA) is 134 Å². The molecule has 260 valence electrons. The number of ether oxygens (including phenoxy) is 2. The van der Waals surface area contributed by atoms with Gasteiger partial charge in [0.25, 0.3) is 0 Å².